The van der Waals surface area contributed by atoms with E-state index in [4.69, 9.17) is 4.74 Å². The van der Waals surface area contributed by atoms with Gasteiger partial charge in [0.05, 0.1) is 16.6 Å². The molecule has 1 heterocycles. The minimum atomic E-state index is -4.61. The van der Waals surface area contributed by atoms with Crippen LogP contribution in [0.1, 0.15) is 16.2 Å². The Morgan fingerprint density at radius 1 is 1.10 bits per heavy atom. The fourth-order valence-corrected chi connectivity index (χ4v) is 2.83. The molecule has 162 valence electrons. The van der Waals surface area contributed by atoms with E-state index in [1.165, 1.54) is 17.4 Å². The number of nitrogens with zero attached hydrogens (tertiary/aromatic N) is 2. The van der Waals surface area contributed by atoms with Crippen LogP contribution in [0.4, 0.5) is 18.0 Å². The predicted octanol–water partition coefficient (Wildman–Crippen LogP) is 2.88. The highest BCUT2D eigenvalue weighted by Crippen LogP contribution is 2.22. The van der Waals surface area contributed by atoms with Gasteiger partial charge in [-0.3, -0.25) is 14.7 Å². The molecular weight excluding hydrogens is 417 g/mol. The molecule has 3 rings (SSSR count). The van der Waals surface area contributed by atoms with Crippen LogP contribution in [0.2, 0.25) is 0 Å². The smallest absolute Gasteiger partial charge is 0.405 e. The number of ether oxygens (including phenoxy) is 1. The van der Waals surface area contributed by atoms with Crippen LogP contribution in [0, 0.1) is 6.92 Å². The number of para-hydroxylation sites is 1. The number of fused-ring (bicyclic) bond motifs is 1. The van der Waals surface area contributed by atoms with Gasteiger partial charge in [-0.15, -0.1) is 0 Å². The summed E-state index contributed by atoms with van der Waals surface area (Å²) in [6.07, 6.45) is -4.61. The summed E-state index contributed by atoms with van der Waals surface area (Å²) in [4.78, 5) is 39.5. The maximum Gasteiger partial charge on any atom is 0.405 e. The summed E-state index contributed by atoms with van der Waals surface area (Å²) in [6.45, 7) is -0.617. The van der Waals surface area contributed by atoms with E-state index in [1.54, 1.807) is 11.4 Å². The number of halogens is 3. The Hall–Kier alpha value is -3.89. The Kier molecular flexibility index (Phi) is 6.23. The molecule has 2 aromatic carbocycles. The highest BCUT2D eigenvalue weighted by Gasteiger charge is 2.28. The minimum Gasteiger partial charge on any atom is -0.452 e. The van der Waals surface area contributed by atoms with Crippen LogP contribution in [0.5, 0.6) is 0 Å². The summed E-state index contributed by atoms with van der Waals surface area (Å²) >= 11 is 0. The fraction of sp³-hybridized carbons (Fsp3) is 0.200. The lowest BCUT2D eigenvalue weighted by atomic mass is 10.2. The molecule has 0 spiro atoms. The number of amides is 3. The van der Waals surface area contributed by atoms with Crippen LogP contribution in [-0.2, 0) is 9.53 Å². The number of aromatic nitrogens is 2. The summed E-state index contributed by atoms with van der Waals surface area (Å²) in [6, 6.07) is 12.8. The molecule has 0 unspecified atom stereocenters. The molecule has 0 saturated carbocycles. The molecule has 31 heavy (non-hydrogen) atoms. The Morgan fingerprint density at radius 3 is 2.48 bits per heavy atom. The highest BCUT2D eigenvalue weighted by atomic mass is 19.4. The zero-order valence-corrected chi connectivity index (χ0v) is 16.2. The standard InChI is InChI=1S/C20H17F3N4O4/c1-12-25-15-9-13(7-8-16(15)27(12)14-5-3-2-4-6-14)18(29)31-10-17(28)26-19(30)24-11-20(21,22)23/h2-9H,10-11H2,1H3,(H2,24,26,28,30). The van der Waals surface area contributed by atoms with Crippen molar-refractivity contribution in [1.82, 2.24) is 20.2 Å². The maximum atomic E-state index is 12.2. The van der Waals surface area contributed by atoms with E-state index in [0.29, 0.717) is 11.3 Å². The first-order chi connectivity index (χ1) is 14.6. The average Bonchev–Trinajstić information content (AvgIpc) is 3.05. The van der Waals surface area contributed by atoms with E-state index in [9.17, 15) is 27.6 Å². The van der Waals surface area contributed by atoms with E-state index in [1.807, 2.05) is 41.8 Å². The summed E-state index contributed by atoms with van der Waals surface area (Å²) in [5, 5.41) is 3.10. The van der Waals surface area contributed by atoms with Crippen LogP contribution in [0.15, 0.2) is 48.5 Å². The van der Waals surface area contributed by atoms with Crippen molar-refractivity contribution in [2.75, 3.05) is 13.2 Å². The molecule has 0 saturated heterocycles. The number of aryl methyl sites for hydroxylation is 1. The molecule has 0 radical (unpaired) electrons. The molecule has 0 aliphatic rings. The van der Waals surface area contributed by atoms with Gasteiger partial charge in [0.1, 0.15) is 12.4 Å². The molecular formula is C20H17F3N4O4. The zero-order valence-electron chi connectivity index (χ0n) is 16.2. The number of nitrogens with one attached hydrogen (secondary N) is 2. The van der Waals surface area contributed by atoms with Gasteiger partial charge in [0.25, 0.3) is 5.91 Å². The first-order valence-electron chi connectivity index (χ1n) is 9.00. The molecule has 0 aliphatic heterocycles. The topological polar surface area (TPSA) is 102 Å². The Morgan fingerprint density at radius 2 is 1.81 bits per heavy atom. The number of esters is 1. The second kappa shape index (κ2) is 8.86. The average molecular weight is 434 g/mol. The van der Waals surface area contributed by atoms with Gasteiger partial charge >= 0.3 is 18.2 Å². The quantitative estimate of drug-likeness (QED) is 0.602. The van der Waals surface area contributed by atoms with Gasteiger partial charge in [0.2, 0.25) is 0 Å². The van der Waals surface area contributed by atoms with Crippen molar-refractivity contribution in [1.29, 1.82) is 0 Å². The maximum absolute atomic E-state index is 12.2. The molecule has 1 aromatic heterocycles. The number of hydrogen-bond acceptors (Lipinski definition) is 5. The Balaban J connectivity index is 1.63. The largest absolute Gasteiger partial charge is 0.452 e. The number of imidazole rings is 1. The van der Waals surface area contributed by atoms with Gasteiger partial charge in [0.15, 0.2) is 6.61 Å². The number of alkyl halides is 3. The van der Waals surface area contributed by atoms with Crippen LogP contribution < -0.4 is 10.6 Å². The number of hydrogen-bond donors (Lipinski definition) is 2. The molecule has 0 fully saturated rings. The normalized spacial score (nSPS) is 11.2. The first kappa shape index (κ1) is 21.8. The SMILES string of the molecule is Cc1nc2cc(C(=O)OCC(=O)NC(=O)NCC(F)(F)F)ccc2n1-c1ccccc1. The number of imide groups is 1. The minimum absolute atomic E-state index is 0.125. The van der Waals surface area contributed by atoms with Crippen molar-refractivity contribution in [3.63, 3.8) is 0 Å². The van der Waals surface area contributed by atoms with Crippen molar-refractivity contribution >= 4 is 28.9 Å². The molecule has 0 atom stereocenters. The summed E-state index contributed by atoms with van der Waals surface area (Å²) in [5.41, 5.74) is 2.32. The van der Waals surface area contributed by atoms with Gasteiger partial charge in [-0.05, 0) is 37.3 Å². The van der Waals surface area contributed by atoms with E-state index in [0.717, 1.165) is 11.2 Å². The van der Waals surface area contributed by atoms with E-state index in [-0.39, 0.29) is 5.56 Å². The van der Waals surface area contributed by atoms with E-state index < -0.39 is 37.2 Å². The van der Waals surface area contributed by atoms with Gasteiger partial charge in [-0.25, -0.2) is 14.6 Å². The fourth-order valence-electron chi connectivity index (χ4n) is 2.83. The number of carbonyl (C=O) groups excluding carboxylic acids is 3. The molecule has 8 nitrogen and oxygen atoms in total. The van der Waals surface area contributed by atoms with E-state index >= 15 is 0 Å². The monoisotopic (exact) mass is 434 g/mol. The van der Waals surface area contributed by atoms with Gasteiger partial charge in [-0.2, -0.15) is 13.2 Å². The number of benzene rings is 2. The molecule has 3 aromatic rings. The highest BCUT2D eigenvalue weighted by molar-refractivity contribution is 5.98. The van der Waals surface area contributed by atoms with Crippen LogP contribution in [0.25, 0.3) is 16.7 Å². The summed E-state index contributed by atoms with van der Waals surface area (Å²) < 4.78 is 42.8. The van der Waals surface area contributed by atoms with Crippen LogP contribution in [0.3, 0.4) is 0 Å². The lowest BCUT2D eigenvalue weighted by Crippen LogP contribution is -2.44. The third-order valence-electron chi connectivity index (χ3n) is 4.11. The summed E-state index contributed by atoms with van der Waals surface area (Å²) in [5.74, 6) is -1.21. The van der Waals surface area contributed by atoms with Gasteiger partial charge in [-0.1, -0.05) is 18.2 Å². The first-order valence-corrected chi connectivity index (χ1v) is 9.00. The van der Waals surface area contributed by atoms with Crippen molar-refractivity contribution in [3.8, 4) is 5.69 Å². The molecule has 0 bridgehead atoms. The zero-order chi connectivity index (χ0) is 22.6. The predicted molar refractivity (Wildman–Crippen MR) is 104 cm³/mol. The van der Waals surface area contributed by atoms with Gasteiger partial charge in [0, 0.05) is 5.69 Å². The lowest BCUT2D eigenvalue weighted by molar-refractivity contribution is -0.125. The number of rotatable bonds is 5. The van der Waals surface area contributed by atoms with Crippen molar-refractivity contribution in [3.05, 3.63) is 59.9 Å². The van der Waals surface area contributed by atoms with Crippen molar-refractivity contribution < 1.29 is 32.3 Å². The van der Waals surface area contributed by atoms with Crippen LogP contribution >= 0.6 is 0 Å². The third kappa shape index (κ3) is 5.59. The Labute approximate surface area is 174 Å². The van der Waals surface area contributed by atoms with Crippen molar-refractivity contribution in [2.45, 2.75) is 13.1 Å². The van der Waals surface area contributed by atoms with Crippen LogP contribution in [-0.4, -0.2) is 46.8 Å². The molecule has 3 amide bonds. The molecule has 2 N–H and O–H groups in total. The number of urea groups is 1. The lowest BCUT2D eigenvalue weighted by Gasteiger charge is -2.09. The summed E-state index contributed by atoms with van der Waals surface area (Å²) in [7, 11) is 0. The second-order valence-corrected chi connectivity index (χ2v) is 6.46. The second-order valence-electron chi connectivity index (χ2n) is 6.46. The number of carbonyl (C=O) groups is 3. The molecule has 0 aliphatic carbocycles. The van der Waals surface area contributed by atoms with E-state index in [2.05, 4.69) is 4.98 Å². The Bertz CT molecular complexity index is 1130. The van der Waals surface area contributed by atoms with Crippen molar-refractivity contribution in [2.24, 2.45) is 0 Å². The third-order valence-corrected chi connectivity index (χ3v) is 4.11. The molecule has 11 heteroatoms. The van der Waals surface area contributed by atoms with Gasteiger partial charge < -0.3 is 10.1 Å².